The Labute approximate surface area is 212 Å². The molecular weight excluding hydrogens is 440 g/mol. The van der Waals surface area contributed by atoms with Crippen LogP contribution in [0, 0.1) is 11.8 Å². The van der Waals surface area contributed by atoms with Crippen LogP contribution in [0.15, 0.2) is 48.7 Å². The van der Waals surface area contributed by atoms with Gasteiger partial charge in [0.05, 0.1) is 0 Å². The van der Waals surface area contributed by atoms with Crippen LogP contribution in [-0.2, 0) is 6.54 Å². The Balaban J connectivity index is 0.00000199. The van der Waals surface area contributed by atoms with E-state index in [2.05, 4.69) is 69.7 Å². The van der Waals surface area contributed by atoms with Gasteiger partial charge in [0, 0.05) is 42.1 Å². The maximum atomic E-state index is 12.9. The normalized spacial score (nSPS) is 17.0. The molecule has 4 heteroatoms. The summed E-state index contributed by atoms with van der Waals surface area (Å²) in [6, 6.07) is 10.0. The lowest BCUT2D eigenvalue weighted by Gasteiger charge is -2.31. The molecule has 0 radical (unpaired) electrons. The lowest BCUT2D eigenvalue weighted by atomic mass is 9.98. The SMILES string of the molecule is C/C=C(\C=C(/C)c1ccc(C(=O)N2CCCC(C)C2)cc1Cl)c1cccn1CCC(C)C.CC. The van der Waals surface area contributed by atoms with Gasteiger partial charge in [-0.05, 0) is 92.0 Å². The summed E-state index contributed by atoms with van der Waals surface area (Å²) in [4.78, 5) is 14.9. The Kier molecular flexibility index (Phi) is 11.2. The second-order valence-electron chi connectivity index (χ2n) is 9.53. The number of benzene rings is 1. The number of amides is 1. The van der Waals surface area contributed by atoms with E-state index in [0.717, 1.165) is 43.6 Å². The van der Waals surface area contributed by atoms with Gasteiger partial charge in [0.25, 0.3) is 5.91 Å². The first kappa shape index (κ1) is 28.0. The van der Waals surface area contributed by atoms with Gasteiger partial charge in [-0.25, -0.2) is 0 Å². The molecule has 1 aromatic carbocycles. The molecule has 0 aliphatic carbocycles. The third-order valence-electron chi connectivity index (χ3n) is 6.34. The number of halogens is 1. The molecule has 0 N–H and O–H groups in total. The molecule has 1 aliphatic rings. The fourth-order valence-electron chi connectivity index (χ4n) is 4.41. The number of hydrogen-bond acceptors (Lipinski definition) is 1. The number of carbonyl (C=O) groups is 1. The highest BCUT2D eigenvalue weighted by Crippen LogP contribution is 2.29. The number of allylic oxidation sites excluding steroid dienone is 4. The van der Waals surface area contributed by atoms with Gasteiger partial charge in [-0.3, -0.25) is 4.79 Å². The number of rotatable bonds is 7. The van der Waals surface area contributed by atoms with Crippen molar-refractivity contribution in [2.45, 2.75) is 74.3 Å². The van der Waals surface area contributed by atoms with E-state index in [-0.39, 0.29) is 5.91 Å². The van der Waals surface area contributed by atoms with Crippen LogP contribution in [0.3, 0.4) is 0 Å². The number of aromatic nitrogens is 1. The van der Waals surface area contributed by atoms with Crippen molar-refractivity contribution >= 4 is 28.7 Å². The quantitative estimate of drug-likeness (QED) is 0.362. The van der Waals surface area contributed by atoms with Gasteiger partial charge in [0.2, 0.25) is 0 Å². The number of nitrogens with zero attached hydrogens (tertiary/aromatic N) is 2. The number of likely N-dealkylation sites (tertiary alicyclic amines) is 1. The molecule has 1 fully saturated rings. The molecule has 0 saturated carbocycles. The zero-order valence-corrected chi connectivity index (χ0v) is 23.0. The van der Waals surface area contributed by atoms with Crippen molar-refractivity contribution in [3.8, 4) is 0 Å². The number of piperidine rings is 1. The van der Waals surface area contributed by atoms with Crippen molar-refractivity contribution in [3.63, 3.8) is 0 Å². The molecule has 0 bridgehead atoms. The van der Waals surface area contributed by atoms with Crippen LogP contribution in [-0.4, -0.2) is 28.5 Å². The second kappa shape index (κ2) is 13.6. The van der Waals surface area contributed by atoms with Gasteiger partial charge < -0.3 is 9.47 Å². The Morgan fingerprint density at radius 3 is 2.59 bits per heavy atom. The third-order valence-corrected chi connectivity index (χ3v) is 6.65. The van der Waals surface area contributed by atoms with E-state index in [9.17, 15) is 4.79 Å². The fourth-order valence-corrected chi connectivity index (χ4v) is 4.74. The van der Waals surface area contributed by atoms with Crippen LogP contribution >= 0.6 is 11.6 Å². The van der Waals surface area contributed by atoms with Gasteiger partial charge >= 0.3 is 0 Å². The second-order valence-corrected chi connectivity index (χ2v) is 9.94. The van der Waals surface area contributed by atoms with Crippen LogP contribution in [0.2, 0.25) is 5.02 Å². The van der Waals surface area contributed by atoms with E-state index < -0.39 is 0 Å². The first-order valence-electron chi connectivity index (χ1n) is 12.9. The van der Waals surface area contributed by atoms with Crippen LogP contribution in [0.25, 0.3) is 11.1 Å². The Bertz CT molecular complexity index is 999. The molecule has 1 saturated heterocycles. The monoisotopic (exact) mass is 482 g/mol. The fraction of sp³-hybridized carbons (Fsp3) is 0.500. The molecule has 1 atom stereocenters. The Morgan fingerprint density at radius 2 is 1.97 bits per heavy atom. The van der Waals surface area contributed by atoms with Gasteiger partial charge in [-0.1, -0.05) is 58.4 Å². The van der Waals surface area contributed by atoms with Crippen LogP contribution < -0.4 is 0 Å². The maximum absolute atomic E-state index is 12.9. The van der Waals surface area contributed by atoms with Crippen LogP contribution in [0.1, 0.15) is 89.3 Å². The highest BCUT2D eigenvalue weighted by atomic mass is 35.5. The minimum absolute atomic E-state index is 0.0868. The molecule has 1 aromatic heterocycles. The predicted molar refractivity (Wildman–Crippen MR) is 148 cm³/mol. The first-order valence-corrected chi connectivity index (χ1v) is 13.3. The Hall–Kier alpha value is -2.26. The minimum Gasteiger partial charge on any atom is -0.348 e. The van der Waals surface area contributed by atoms with Crippen molar-refractivity contribution in [1.82, 2.24) is 9.47 Å². The van der Waals surface area contributed by atoms with E-state index in [4.69, 9.17) is 11.6 Å². The van der Waals surface area contributed by atoms with Gasteiger partial charge in [0.1, 0.15) is 0 Å². The standard InChI is InChI=1S/C28H37ClN2O.C2H6/c1-6-23(27-10-8-14-30(27)16-13-20(2)3)17-22(5)25-12-11-24(18-26(25)29)28(32)31-15-7-9-21(4)19-31;1-2/h6,8,10-12,14,17-18,20-21H,7,9,13,15-16,19H2,1-5H3;1-2H3/b22-17+,23-6+;. The van der Waals surface area contributed by atoms with E-state index in [0.29, 0.717) is 22.4 Å². The maximum Gasteiger partial charge on any atom is 0.253 e. The molecule has 1 aliphatic heterocycles. The summed E-state index contributed by atoms with van der Waals surface area (Å²) in [5, 5.41) is 0.625. The van der Waals surface area contributed by atoms with E-state index in [1.807, 2.05) is 36.9 Å². The van der Waals surface area contributed by atoms with Crippen molar-refractivity contribution in [2.75, 3.05) is 13.1 Å². The summed E-state index contributed by atoms with van der Waals surface area (Å²) >= 11 is 6.67. The zero-order chi connectivity index (χ0) is 25.3. The van der Waals surface area contributed by atoms with Crippen molar-refractivity contribution < 1.29 is 4.79 Å². The van der Waals surface area contributed by atoms with E-state index >= 15 is 0 Å². The van der Waals surface area contributed by atoms with Gasteiger partial charge in [0.15, 0.2) is 0 Å². The van der Waals surface area contributed by atoms with Crippen LogP contribution in [0.5, 0.6) is 0 Å². The number of hydrogen-bond donors (Lipinski definition) is 0. The predicted octanol–water partition coefficient (Wildman–Crippen LogP) is 8.59. The van der Waals surface area contributed by atoms with E-state index in [1.165, 1.54) is 17.7 Å². The summed E-state index contributed by atoms with van der Waals surface area (Å²) < 4.78 is 2.32. The smallest absolute Gasteiger partial charge is 0.253 e. The van der Waals surface area contributed by atoms with Gasteiger partial charge in [-0.15, -0.1) is 0 Å². The van der Waals surface area contributed by atoms with Gasteiger partial charge in [-0.2, -0.15) is 0 Å². The minimum atomic E-state index is 0.0868. The molecule has 3 nitrogen and oxygen atoms in total. The molecule has 3 rings (SSSR count). The molecule has 1 unspecified atom stereocenters. The largest absolute Gasteiger partial charge is 0.348 e. The van der Waals surface area contributed by atoms with E-state index in [1.54, 1.807) is 0 Å². The average molecular weight is 483 g/mol. The van der Waals surface area contributed by atoms with Crippen molar-refractivity contribution in [2.24, 2.45) is 11.8 Å². The highest BCUT2D eigenvalue weighted by Gasteiger charge is 2.22. The topological polar surface area (TPSA) is 25.2 Å². The molecule has 2 heterocycles. The molecular formula is C30H43ClN2O. The summed E-state index contributed by atoms with van der Waals surface area (Å²) in [6.07, 6.45) is 9.91. The van der Waals surface area contributed by atoms with Crippen molar-refractivity contribution in [3.05, 3.63) is 70.5 Å². The third kappa shape index (κ3) is 7.37. The molecule has 186 valence electrons. The first-order chi connectivity index (χ1) is 16.3. The highest BCUT2D eigenvalue weighted by molar-refractivity contribution is 6.32. The van der Waals surface area contributed by atoms with Crippen molar-refractivity contribution in [1.29, 1.82) is 0 Å². The molecule has 34 heavy (non-hydrogen) atoms. The lowest BCUT2D eigenvalue weighted by Crippen LogP contribution is -2.39. The lowest BCUT2D eigenvalue weighted by molar-refractivity contribution is 0.0683. The number of aryl methyl sites for hydroxylation is 1. The van der Waals surface area contributed by atoms with Crippen LogP contribution in [0.4, 0.5) is 0 Å². The summed E-state index contributed by atoms with van der Waals surface area (Å²) in [7, 11) is 0. The summed E-state index contributed by atoms with van der Waals surface area (Å²) in [6.45, 7) is 17.6. The number of carbonyl (C=O) groups excluding carboxylic acids is 1. The molecule has 0 spiro atoms. The zero-order valence-electron chi connectivity index (χ0n) is 22.2. The summed E-state index contributed by atoms with van der Waals surface area (Å²) in [5.41, 5.74) is 5.12. The molecule has 1 amide bonds. The Morgan fingerprint density at radius 1 is 1.24 bits per heavy atom. The average Bonchev–Trinajstić information content (AvgIpc) is 3.30. The summed E-state index contributed by atoms with van der Waals surface area (Å²) in [5.74, 6) is 1.32. The molecule has 2 aromatic rings.